The maximum Gasteiger partial charge on any atom is 0.416 e. The Morgan fingerprint density at radius 3 is 2.33 bits per heavy atom. The van der Waals surface area contributed by atoms with Crippen LogP contribution in [0.2, 0.25) is 0 Å². The first-order valence-corrected chi connectivity index (χ1v) is 5.41. The lowest BCUT2D eigenvalue weighted by Crippen LogP contribution is -2.13. The van der Waals surface area contributed by atoms with E-state index in [2.05, 4.69) is 15.5 Å². The van der Waals surface area contributed by atoms with E-state index in [0.717, 1.165) is 23.4 Å². The lowest BCUT2D eigenvalue weighted by Gasteiger charge is -2.08. The van der Waals surface area contributed by atoms with Gasteiger partial charge in [0.15, 0.2) is 0 Å². The van der Waals surface area contributed by atoms with Crippen molar-refractivity contribution in [2.45, 2.75) is 19.3 Å². The predicted octanol–water partition coefficient (Wildman–Crippen LogP) is 2.72. The highest BCUT2D eigenvalue weighted by molar-refractivity contribution is 5.24. The van der Waals surface area contributed by atoms with Crippen LogP contribution >= 0.6 is 0 Å². The van der Waals surface area contributed by atoms with Crippen LogP contribution in [0.25, 0.3) is 0 Å². The molecule has 3 nitrogen and oxygen atoms in total. The first kappa shape index (κ1) is 12.6. The van der Waals surface area contributed by atoms with Crippen molar-refractivity contribution in [3.05, 3.63) is 53.3 Å². The van der Waals surface area contributed by atoms with Gasteiger partial charge in [0.2, 0.25) is 0 Å². The quantitative estimate of drug-likeness (QED) is 0.881. The molecular formula is C12H12F3N3. The van der Waals surface area contributed by atoms with Crippen molar-refractivity contribution >= 4 is 0 Å². The molecule has 1 heterocycles. The van der Waals surface area contributed by atoms with Crippen molar-refractivity contribution in [2.75, 3.05) is 0 Å². The third-order valence-electron chi connectivity index (χ3n) is 2.48. The largest absolute Gasteiger partial charge is 0.416 e. The summed E-state index contributed by atoms with van der Waals surface area (Å²) >= 11 is 0. The van der Waals surface area contributed by atoms with E-state index < -0.39 is 11.7 Å². The summed E-state index contributed by atoms with van der Waals surface area (Å²) < 4.78 is 37.0. The van der Waals surface area contributed by atoms with Crippen molar-refractivity contribution in [2.24, 2.45) is 0 Å². The maximum atomic E-state index is 12.3. The fraction of sp³-hybridized carbons (Fsp3) is 0.250. The van der Waals surface area contributed by atoms with Crippen molar-refractivity contribution in [1.29, 1.82) is 0 Å². The molecule has 2 aromatic rings. The number of hydrogen-bond acceptors (Lipinski definition) is 2. The Kier molecular flexibility index (Phi) is 3.66. The standard InChI is InChI=1S/C12H12F3N3/c13-12(14,15)10-3-1-9(2-4-10)7-16-8-11-5-6-17-18-11/h1-6,16H,7-8H2,(H,17,18). The second-order valence-corrected chi connectivity index (χ2v) is 3.88. The van der Waals surface area contributed by atoms with Crippen LogP contribution in [0.5, 0.6) is 0 Å². The third-order valence-corrected chi connectivity index (χ3v) is 2.48. The molecule has 0 bridgehead atoms. The van der Waals surface area contributed by atoms with Gasteiger partial charge in [0.1, 0.15) is 0 Å². The van der Waals surface area contributed by atoms with Crippen molar-refractivity contribution in [1.82, 2.24) is 15.5 Å². The summed E-state index contributed by atoms with van der Waals surface area (Å²) in [6, 6.07) is 6.96. The first-order valence-electron chi connectivity index (χ1n) is 5.41. The number of alkyl halides is 3. The van der Waals surface area contributed by atoms with E-state index in [1.54, 1.807) is 6.20 Å². The first-order chi connectivity index (χ1) is 8.55. The molecule has 2 rings (SSSR count). The molecular weight excluding hydrogens is 243 g/mol. The maximum absolute atomic E-state index is 12.3. The number of benzene rings is 1. The molecule has 0 unspecified atom stereocenters. The van der Waals surface area contributed by atoms with Crippen LogP contribution in [0, 0.1) is 0 Å². The zero-order valence-electron chi connectivity index (χ0n) is 9.46. The van der Waals surface area contributed by atoms with E-state index in [-0.39, 0.29) is 0 Å². The lowest BCUT2D eigenvalue weighted by molar-refractivity contribution is -0.137. The second kappa shape index (κ2) is 5.22. The summed E-state index contributed by atoms with van der Waals surface area (Å²) in [4.78, 5) is 0. The van der Waals surface area contributed by atoms with Gasteiger partial charge in [0.05, 0.1) is 5.56 Å². The topological polar surface area (TPSA) is 40.7 Å². The number of H-pyrrole nitrogens is 1. The van der Waals surface area contributed by atoms with Crippen molar-refractivity contribution < 1.29 is 13.2 Å². The molecule has 0 radical (unpaired) electrons. The van der Waals surface area contributed by atoms with E-state index in [1.807, 2.05) is 6.07 Å². The Balaban J connectivity index is 1.87. The van der Waals surface area contributed by atoms with Crippen LogP contribution in [0.1, 0.15) is 16.8 Å². The Morgan fingerprint density at radius 2 is 1.78 bits per heavy atom. The Labute approximate surface area is 102 Å². The summed E-state index contributed by atoms with van der Waals surface area (Å²) in [6.45, 7) is 1.11. The van der Waals surface area contributed by atoms with Gasteiger partial charge in [-0.15, -0.1) is 0 Å². The van der Waals surface area contributed by atoms with Gasteiger partial charge in [-0.2, -0.15) is 18.3 Å². The number of aromatic amines is 1. The average molecular weight is 255 g/mol. The average Bonchev–Trinajstić information content (AvgIpc) is 2.82. The summed E-state index contributed by atoms with van der Waals surface area (Å²) in [5, 5.41) is 9.70. The Morgan fingerprint density at radius 1 is 1.06 bits per heavy atom. The molecule has 2 N–H and O–H groups in total. The fourth-order valence-corrected chi connectivity index (χ4v) is 1.54. The zero-order valence-corrected chi connectivity index (χ0v) is 9.46. The van der Waals surface area contributed by atoms with E-state index in [1.165, 1.54) is 12.1 Å². The van der Waals surface area contributed by atoms with Gasteiger partial charge in [-0.25, -0.2) is 0 Å². The summed E-state index contributed by atoms with van der Waals surface area (Å²) in [5.41, 5.74) is 1.12. The Bertz CT molecular complexity index is 474. The van der Waals surface area contributed by atoms with Gasteiger partial charge < -0.3 is 5.32 Å². The third kappa shape index (κ3) is 3.33. The van der Waals surface area contributed by atoms with Crippen LogP contribution in [0.4, 0.5) is 13.2 Å². The van der Waals surface area contributed by atoms with Crippen LogP contribution in [0.3, 0.4) is 0 Å². The van der Waals surface area contributed by atoms with E-state index in [0.29, 0.717) is 13.1 Å². The summed E-state index contributed by atoms with van der Waals surface area (Å²) in [6.07, 6.45) is -2.63. The normalized spacial score (nSPS) is 11.7. The number of aromatic nitrogens is 2. The van der Waals surface area contributed by atoms with Gasteiger partial charge in [0, 0.05) is 25.0 Å². The molecule has 0 saturated heterocycles. The van der Waals surface area contributed by atoms with Gasteiger partial charge >= 0.3 is 6.18 Å². The minimum Gasteiger partial charge on any atom is -0.307 e. The van der Waals surface area contributed by atoms with Crippen molar-refractivity contribution in [3.8, 4) is 0 Å². The molecule has 96 valence electrons. The van der Waals surface area contributed by atoms with Gasteiger partial charge in [-0.3, -0.25) is 5.10 Å². The fourth-order valence-electron chi connectivity index (χ4n) is 1.54. The van der Waals surface area contributed by atoms with Crippen LogP contribution in [-0.2, 0) is 19.3 Å². The van der Waals surface area contributed by atoms with Gasteiger partial charge in [-0.05, 0) is 23.8 Å². The molecule has 0 saturated carbocycles. The minimum absolute atomic E-state index is 0.511. The van der Waals surface area contributed by atoms with Crippen LogP contribution < -0.4 is 5.32 Å². The highest BCUT2D eigenvalue weighted by Gasteiger charge is 2.29. The lowest BCUT2D eigenvalue weighted by atomic mass is 10.1. The molecule has 0 atom stereocenters. The molecule has 0 amide bonds. The molecule has 0 aliphatic carbocycles. The molecule has 0 fully saturated rings. The molecule has 0 aliphatic rings. The number of nitrogens with zero attached hydrogens (tertiary/aromatic N) is 1. The Hall–Kier alpha value is -1.82. The number of hydrogen-bond donors (Lipinski definition) is 2. The molecule has 0 spiro atoms. The molecule has 1 aromatic carbocycles. The number of rotatable bonds is 4. The van der Waals surface area contributed by atoms with E-state index >= 15 is 0 Å². The smallest absolute Gasteiger partial charge is 0.307 e. The molecule has 1 aromatic heterocycles. The molecule has 18 heavy (non-hydrogen) atoms. The SMILES string of the molecule is FC(F)(F)c1ccc(CNCc2ccn[nH]2)cc1. The van der Waals surface area contributed by atoms with Gasteiger partial charge in [0.25, 0.3) is 0 Å². The highest BCUT2D eigenvalue weighted by Crippen LogP contribution is 2.28. The van der Waals surface area contributed by atoms with E-state index in [4.69, 9.17) is 0 Å². The molecule has 6 heteroatoms. The number of halogens is 3. The second-order valence-electron chi connectivity index (χ2n) is 3.88. The molecule has 0 aliphatic heterocycles. The zero-order chi connectivity index (χ0) is 13.0. The summed E-state index contributed by atoms with van der Waals surface area (Å²) in [5.74, 6) is 0. The minimum atomic E-state index is -4.28. The van der Waals surface area contributed by atoms with E-state index in [9.17, 15) is 13.2 Å². The highest BCUT2D eigenvalue weighted by atomic mass is 19.4. The van der Waals surface area contributed by atoms with Crippen LogP contribution in [-0.4, -0.2) is 10.2 Å². The van der Waals surface area contributed by atoms with Crippen LogP contribution in [0.15, 0.2) is 36.5 Å². The number of nitrogens with one attached hydrogen (secondary N) is 2. The van der Waals surface area contributed by atoms with Crippen molar-refractivity contribution in [3.63, 3.8) is 0 Å². The summed E-state index contributed by atoms with van der Waals surface area (Å²) in [7, 11) is 0. The van der Waals surface area contributed by atoms with Gasteiger partial charge in [-0.1, -0.05) is 12.1 Å². The predicted molar refractivity (Wildman–Crippen MR) is 60.6 cm³/mol. The monoisotopic (exact) mass is 255 g/mol.